The normalized spacial score (nSPS) is 12.5. The third-order valence-electron chi connectivity index (χ3n) is 2.60. The molecule has 0 aliphatic carbocycles. The van der Waals surface area contributed by atoms with Gasteiger partial charge in [0.1, 0.15) is 0 Å². The van der Waals surface area contributed by atoms with Crippen LogP contribution < -0.4 is 5.32 Å². The summed E-state index contributed by atoms with van der Waals surface area (Å²) in [6, 6.07) is 7.44. The Bertz CT molecular complexity index is 522. The van der Waals surface area contributed by atoms with Gasteiger partial charge in [-0.2, -0.15) is 5.10 Å². The molecule has 0 aliphatic rings. The molecular weight excluding hydrogens is 257 g/mol. The molecule has 1 aromatic heterocycles. The molecule has 1 unspecified atom stereocenters. The molecule has 1 atom stereocenters. The van der Waals surface area contributed by atoms with E-state index >= 15 is 0 Å². The van der Waals surface area contributed by atoms with Crippen LogP contribution in [0.2, 0.25) is 10.0 Å². The average molecular weight is 270 g/mol. The maximum atomic E-state index is 6.10. The van der Waals surface area contributed by atoms with Crippen molar-refractivity contribution < 1.29 is 0 Å². The molecule has 0 bridgehead atoms. The standard InChI is InChI=1S/C12H13Cl2N3/c1-8(12-5-6-15-17(12)2)16-11-7-9(13)3-4-10(11)14/h3-8,16H,1-2H3. The summed E-state index contributed by atoms with van der Waals surface area (Å²) >= 11 is 12.0. The van der Waals surface area contributed by atoms with Gasteiger partial charge in [-0.15, -0.1) is 0 Å². The number of nitrogens with one attached hydrogen (secondary N) is 1. The molecule has 0 amide bonds. The highest BCUT2D eigenvalue weighted by Gasteiger charge is 2.11. The van der Waals surface area contributed by atoms with Crippen LogP contribution in [-0.4, -0.2) is 9.78 Å². The predicted octanol–water partition coefficient (Wildman–Crippen LogP) is 3.90. The minimum Gasteiger partial charge on any atom is -0.376 e. The van der Waals surface area contributed by atoms with E-state index in [1.165, 1.54) is 0 Å². The number of nitrogens with zero attached hydrogens (tertiary/aromatic N) is 2. The van der Waals surface area contributed by atoms with Crippen LogP contribution in [0.3, 0.4) is 0 Å². The lowest BCUT2D eigenvalue weighted by atomic mass is 10.2. The summed E-state index contributed by atoms with van der Waals surface area (Å²) in [6.45, 7) is 2.05. The van der Waals surface area contributed by atoms with Crippen LogP contribution in [0.1, 0.15) is 18.7 Å². The highest BCUT2D eigenvalue weighted by atomic mass is 35.5. The van der Waals surface area contributed by atoms with Gasteiger partial charge in [0.05, 0.1) is 22.4 Å². The van der Waals surface area contributed by atoms with Crippen molar-refractivity contribution in [2.75, 3.05) is 5.32 Å². The minimum atomic E-state index is 0.110. The van der Waals surface area contributed by atoms with E-state index in [0.717, 1.165) is 11.4 Å². The molecule has 3 nitrogen and oxygen atoms in total. The second-order valence-corrected chi connectivity index (χ2v) is 4.71. The third-order valence-corrected chi connectivity index (χ3v) is 3.17. The number of benzene rings is 1. The van der Waals surface area contributed by atoms with E-state index in [1.54, 1.807) is 18.3 Å². The fourth-order valence-electron chi connectivity index (χ4n) is 1.72. The zero-order valence-corrected chi connectivity index (χ0v) is 11.1. The van der Waals surface area contributed by atoms with Crippen LogP contribution >= 0.6 is 23.2 Å². The molecule has 2 aromatic rings. The van der Waals surface area contributed by atoms with Gasteiger partial charge in [-0.25, -0.2) is 0 Å². The molecule has 2 rings (SSSR count). The van der Waals surface area contributed by atoms with Crippen molar-refractivity contribution in [2.24, 2.45) is 7.05 Å². The van der Waals surface area contributed by atoms with E-state index in [4.69, 9.17) is 23.2 Å². The second-order valence-electron chi connectivity index (χ2n) is 3.87. The molecular formula is C12H13Cl2N3. The molecule has 0 saturated carbocycles. The van der Waals surface area contributed by atoms with E-state index in [1.807, 2.05) is 30.8 Å². The van der Waals surface area contributed by atoms with E-state index < -0.39 is 0 Å². The van der Waals surface area contributed by atoms with Crippen molar-refractivity contribution >= 4 is 28.9 Å². The number of aromatic nitrogens is 2. The number of anilines is 1. The van der Waals surface area contributed by atoms with Gasteiger partial charge in [0, 0.05) is 18.3 Å². The lowest BCUT2D eigenvalue weighted by molar-refractivity contribution is 0.676. The summed E-state index contributed by atoms with van der Waals surface area (Å²) in [6.07, 6.45) is 1.77. The Morgan fingerprint density at radius 1 is 1.29 bits per heavy atom. The highest BCUT2D eigenvalue weighted by molar-refractivity contribution is 6.35. The first kappa shape index (κ1) is 12.3. The molecule has 5 heteroatoms. The largest absolute Gasteiger partial charge is 0.376 e. The second kappa shape index (κ2) is 4.98. The Kier molecular flexibility index (Phi) is 3.60. The van der Waals surface area contributed by atoms with E-state index in [0.29, 0.717) is 10.0 Å². The molecule has 1 N–H and O–H groups in total. The van der Waals surface area contributed by atoms with Crippen LogP contribution in [0.4, 0.5) is 5.69 Å². The number of hydrogen-bond acceptors (Lipinski definition) is 2. The monoisotopic (exact) mass is 269 g/mol. The molecule has 1 heterocycles. The van der Waals surface area contributed by atoms with Crippen molar-refractivity contribution in [2.45, 2.75) is 13.0 Å². The fourth-order valence-corrected chi connectivity index (χ4v) is 2.07. The van der Waals surface area contributed by atoms with Crippen LogP contribution in [0.15, 0.2) is 30.5 Å². The first-order valence-electron chi connectivity index (χ1n) is 5.27. The molecule has 90 valence electrons. The van der Waals surface area contributed by atoms with Gasteiger partial charge in [-0.05, 0) is 31.2 Å². The SMILES string of the molecule is CC(Nc1cc(Cl)ccc1Cl)c1ccnn1C. The molecule has 0 radical (unpaired) electrons. The predicted molar refractivity (Wildman–Crippen MR) is 71.7 cm³/mol. The maximum absolute atomic E-state index is 6.10. The van der Waals surface area contributed by atoms with Gasteiger partial charge >= 0.3 is 0 Å². The molecule has 17 heavy (non-hydrogen) atoms. The Morgan fingerprint density at radius 3 is 2.71 bits per heavy atom. The van der Waals surface area contributed by atoms with E-state index in [9.17, 15) is 0 Å². The van der Waals surface area contributed by atoms with Gasteiger partial charge in [-0.1, -0.05) is 23.2 Å². The highest BCUT2D eigenvalue weighted by Crippen LogP contribution is 2.28. The number of rotatable bonds is 3. The summed E-state index contributed by atoms with van der Waals surface area (Å²) in [5.41, 5.74) is 1.91. The van der Waals surface area contributed by atoms with Gasteiger partial charge in [0.15, 0.2) is 0 Å². The minimum absolute atomic E-state index is 0.110. The van der Waals surface area contributed by atoms with Crippen LogP contribution in [-0.2, 0) is 7.05 Å². The Labute approximate surface area is 110 Å². The molecule has 0 saturated heterocycles. The Balaban J connectivity index is 2.21. The zero-order chi connectivity index (χ0) is 12.4. The number of halogens is 2. The molecule has 1 aromatic carbocycles. The van der Waals surface area contributed by atoms with Crippen molar-refractivity contribution in [1.82, 2.24) is 9.78 Å². The number of aryl methyl sites for hydroxylation is 1. The fraction of sp³-hybridized carbons (Fsp3) is 0.250. The smallest absolute Gasteiger partial charge is 0.0654 e. The van der Waals surface area contributed by atoms with Gasteiger partial charge in [-0.3, -0.25) is 4.68 Å². The van der Waals surface area contributed by atoms with Crippen LogP contribution in [0.25, 0.3) is 0 Å². The molecule has 0 fully saturated rings. The van der Waals surface area contributed by atoms with E-state index in [-0.39, 0.29) is 6.04 Å². The summed E-state index contributed by atoms with van der Waals surface area (Å²) < 4.78 is 1.83. The van der Waals surface area contributed by atoms with Gasteiger partial charge < -0.3 is 5.32 Å². The van der Waals surface area contributed by atoms with Gasteiger partial charge in [0.2, 0.25) is 0 Å². The van der Waals surface area contributed by atoms with Crippen molar-refractivity contribution in [3.8, 4) is 0 Å². The third kappa shape index (κ3) is 2.73. The summed E-state index contributed by atoms with van der Waals surface area (Å²) in [5.74, 6) is 0. The van der Waals surface area contributed by atoms with Crippen molar-refractivity contribution in [3.05, 3.63) is 46.2 Å². The molecule has 0 aliphatic heterocycles. The summed E-state index contributed by atoms with van der Waals surface area (Å²) in [4.78, 5) is 0. The lowest BCUT2D eigenvalue weighted by Crippen LogP contribution is -2.11. The maximum Gasteiger partial charge on any atom is 0.0654 e. The van der Waals surface area contributed by atoms with Crippen LogP contribution in [0, 0.1) is 0 Å². The Hall–Kier alpha value is -1.19. The lowest BCUT2D eigenvalue weighted by Gasteiger charge is -2.16. The summed E-state index contributed by atoms with van der Waals surface area (Å²) in [5, 5.41) is 8.77. The Morgan fingerprint density at radius 2 is 2.06 bits per heavy atom. The number of hydrogen-bond donors (Lipinski definition) is 1. The van der Waals surface area contributed by atoms with E-state index in [2.05, 4.69) is 10.4 Å². The topological polar surface area (TPSA) is 29.9 Å². The van der Waals surface area contributed by atoms with Crippen molar-refractivity contribution in [3.63, 3.8) is 0 Å². The van der Waals surface area contributed by atoms with Crippen molar-refractivity contribution in [1.29, 1.82) is 0 Å². The quantitative estimate of drug-likeness (QED) is 0.916. The zero-order valence-electron chi connectivity index (χ0n) is 9.61. The average Bonchev–Trinajstić information content (AvgIpc) is 2.70. The van der Waals surface area contributed by atoms with Gasteiger partial charge in [0.25, 0.3) is 0 Å². The first-order chi connectivity index (χ1) is 8.08. The summed E-state index contributed by atoms with van der Waals surface area (Å²) in [7, 11) is 1.91. The molecule has 0 spiro atoms. The van der Waals surface area contributed by atoms with Crippen LogP contribution in [0.5, 0.6) is 0 Å². The first-order valence-corrected chi connectivity index (χ1v) is 6.03.